The maximum absolute atomic E-state index is 13.9. The van der Waals surface area contributed by atoms with Gasteiger partial charge in [0, 0.05) is 51.5 Å². The van der Waals surface area contributed by atoms with Gasteiger partial charge >= 0.3 is 12.4 Å². The standard InChI is InChI=1S/C30H35F6N9O3/c1-19-17-44(9-8-42(19)2)25-5-4-20(45-18-24(40-41-45)28(47)37-6-3-7-43-10-12-48-13-11-43)14-23(25)39-27(46)21-16-38-26(30(34,35)36)15-22(21)29(31,32)33/h4-5,14-16,18-19H,3,6-13,17H2,1-2H3,(H,37,47)(H,39,46)/t19-/m0/s1. The van der Waals surface area contributed by atoms with Crippen LogP contribution >= 0.6 is 0 Å². The van der Waals surface area contributed by atoms with Crippen LogP contribution in [-0.4, -0.2) is 114 Å². The van der Waals surface area contributed by atoms with Crippen LogP contribution in [0.5, 0.6) is 0 Å². The molecule has 18 heteroatoms. The minimum atomic E-state index is -5.27. The van der Waals surface area contributed by atoms with Gasteiger partial charge in [-0.15, -0.1) is 5.10 Å². The number of likely N-dealkylation sites (N-methyl/N-ethyl adjacent to an activating group) is 1. The van der Waals surface area contributed by atoms with Gasteiger partial charge in [-0.05, 0) is 51.2 Å². The lowest BCUT2D eigenvalue weighted by atomic mass is 10.1. The first kappa shape index (κ1) is 35.0. The predicted molar refractivity (Wildman–Crippen MR) is 162 cm³/mol. The Bertz CT molecular complexity index is 1610. The highest BCUT2D eigenvalue weighted by Crippen LogP contribution is 2.37. The lowest BCUT2D eigenvalue weighted by Gasteiger charge is -2.39. The minimum Gasteiger partial charge on any atom is -0.379 e. The van der Waals surface area contributed by atoms with Crippen LogP contribution in [-0.2, 0) is 17.1 Å². The molecular formula is C30H35F6N9O3. The molecule has 2 aliphatic rings. The number of morpholine rings is 1. The van der Waals surface area contributed by atoms with Crippen LogP contribution in [0, 0.1) is 0 Å². The lowest BCUT2D eigenvalue weighted by Crippen LogP contribution is -2.50. The van der Waals surface area contributed by atoms with Gasteiger partial charge in [-0.1, -0.05) is 5.21 Å². The van der Waals surface area contributed by atoms with Crippen molar-refractivity contribution in [1.82, 2.24) is 35.1 Å². The summed E-state index contributed by atoms with van der Waals surface area (Å²) in [5, 5.41) is 13.2. The van der Waals surface area contributed by atoms with E-state index in [1.807, 2.05) is 18.9 Å². The molecule has 4 heterocycles. The molecule has 0 aliphatic carbocycles. The maximum atomic E-state index is 13.9. The number of hydrogen-bond acceptors (Lipinski definition) is 9. The zero-order valence-electron chi connectivity index (χ0n) is 26.2. The molecule has 12 nitrogen and oxygen atoms in total. The smallest absolute Gasteiger partial charge is 0.379 e. The maximum Gasteiger partial charge on any atom is 0.433 e. The molecule has 0 radical (unpaired) electrons. The van der Waals surface area contributed by atoms with Crippen LogP contribution in [0.25, 0.3) is 5.69 Å². The second-order valence-electron chi connectivity index (χ2n) is 11.7. The second kappa shape index (κ2) is 14.4. The highest BCUT2D eigenvalue weighted by Gasteiger charge is 2.40. The van der Waals surface area contributed by atoms with Crippen LogP contribution in [0.1, 0.15) is 45.4 Å². The first-order valence-corrected chi connectivity index (χ1v) is 15.3. The van der Waals surface area contributed by atoms with Gasteiger partial charge in [0.05, 0.1) is 47.6 Å². The summed E-state index contributed by atoms with van der Waals surface area (Å²) in [6, 6.07) is 4.65. The lowest BCUT2D eigenvalue weighted by molar-refractivity contribution is -0.145. The first-order valence-electron chi connectivity index (χ1n) is 15.3. The molecule has 1 atom stereocenters. The summed E-state index contributed by atoms with van der Waals surface area (Å²) in [5.74, 6) is -1.76. The number of aromatic nitrogens is 4. The van der Waals surface area contributed by atoms with Gasteiger partial charge in [0.2, 0.25) is 0 Å². The largest absolute Gasteiger partial charge is 0.433 e. The third kappa shape index (κ3) is 8.40. The molecule has 260 valence electrons. The number of ether oxygens (including phenoxy) is 1. The van der Waals surface area contributed by atoms with Gasteiger partial charge in [0.1, 0.15) is 5.69 Å². The minimum absolute atomic E-state index is 0.0228. The molecule has 2 fully saturated rings. The third-order valence-corrected chi connectivity index (χ3v) is 8.30. The van der Waals surface area contributed by atoms with Crippen LogP contribution in [0.4, 0.5) is 37.7 Å². The third-order valence-electron chi connectivity index (χ3n) is 8.30. The van der Waals surface area contributed by atoms with Crippen molar-refractivity contribution in [2.24, 2.45) is 0 Å². The Labute approximate surface area is 272 Å². The van der Waals surface area contributed by atoms with E-state index >= 15 is 0 Å². The molecule has 3 aromatic rings. The Morgan fingerprint density at radius 3 is 2.44 bits per heavy atom. The van der Waals surface area contributed by atoms with Gasteiger partial charge in [-0.3, -0.25) is 19.5 Å². The number of nitrogens with one attached hydrogen (secondary N) is 2. The molecule has 2 N–H and O–H groups in total. The van der Waals surface area contributed by atoms with E-state index in [0.717, 1.165) is 26.1 Å². The highest BCUT2D eigenvalue weighted by atomic mass is 19.4. The van der Waals surface area contributed by atoms with Gasteiger partial charge < -0.3 is 25.2 Å². The Kier molecular flexibility index (Phi) is 10.5. The Morgan fingerprint density at radius 2 is 1.75 bits per heavy atom. The molecule has 0 unspecified atom stereocenters. The summed E-state index contributed by atoms with van der Waals surface area (Å²) in [6.07, 6.45) is -8.05. The zero-order valence-corrected chi connectivity index (χ0v) is 26.2. The quantitative estimate of drug-likeness (QED) is 0.258. The van der Waals surface area contributed by atoms with Gasteiger partial charge in [-0.2, -0.15) is 26.3 Å². The van der Waals surface area contributed by atoms with E-state index in [2.05, 4.69) is 35.7 Å². The average Bonchev–Trinajstić information content (AvgIpc) is 3.54. The molecule has 2 amide bonds. The molecule has 1 aromatic carbocycles. The summed E-state index contributed by atoms with van der Waals surface area (Å²) in [5.41, 5.74) is -3.74. The highest BCUT2D eigenvalue weighted by molar-refractivity contribution is 6.07. The molecule has 5 rings (SSSR count). The molecule has 2 aromatic heterocycles. The number of nitrogens with zero attached hydrogens (tertiary/aromatic N) is 7. The fourth-order valence-corrected chi connectivity index (χ4v) is 5.44. The van der Waals surface area contributed by atoms with Crippen LogP contribution in [0.3, 0.4) is 0 Å². The number of alkyl halides is 6. The van der Waals surface area contributed by atoms with Crippen molar-refractivity contribution in [1.29, 1.82) is 0 Å². The topological polar surface area (TPSA) is 121 Å². The summed E-state index contributed by atoms with van der Waals surface area (Å²) in [6.45, 7) is 7.94. The number of anilines is 2. The Morgan fingerprint density at radius 1 is 1.00 bits per heavy atom. The summed E-state index contributed by atoms with van der Waals surface area (Å²) in [4.78, 5) is 35.4. The number of halogens is 6. The van der Waals surface area contributed by atoms with Crippen LogP contribution in [0.15, 0.2) is 36.7 Å². The van der Waals surface area contributed by atoms with Crippen molar-refractivity contribution in [2.45, 2.75) is 31.7 Å². The fraction of sp³-hybridized carbons (Fsp3) is 0.500. The van der Waals surface area contributed by atoms with E-state index in [0.29, 0.717) is 50.8 Å². The SMILES string of the molecule is C[C@H]1CN(c2ccc(-n3cc(C(=O)NCCCN4CCOCC4)nn3)cc2NC(=O)c2cnc(C(F)(F)F)cc2C(F)(F)F)CCN1C. The van der Waals surface area contributed by atoms with Crippen LogP contribution in [0.2, 0.25) is 0 Å². The first-order chi connectivity index (χ1) is 22.7. The molecule has 0 saturated carbocycles. The number of hydrogen-bond donors (Lipinski definition) is 2. The molecule has 48 heavy (non-hydrogen) atoms. The van der Waals surface area contributed by atoms with Crippen molar-refractivity contribution in [2.75, 3.05) is 76.3 Å². The number of benzene rings is 1. The Hall–Kier alpha value is -4.29. The number of amides is 2. The fourth-order valence-electron chi connectivity index (χ4n) is 5.44. The molecule has 0 spiro atoms. The molecule has 2 aliphatic heterocycles. The van der Waals surface area contributed by atoms with Gasteiger partial charge in [0.15, 0.2) is 5.69 Å². The normalized spacial score (nSPS) is 18.2. The Balaban J connectivity index is 1.38. The predicted octanol–water partition coefficient (Wildman–Crippen LogP) is 3.54. The van der Waals surface area contributed by atoms with E-state index in [-0.39, 0.29) is 29.7 Å². The number of pyridine rings is 1. The van der Waals surface area contributed by atoms with Crippen LogP contribution < -0.4 is 15.5 Å². The van der Waals surface area contributed by atoms with Crippen molar-refractivity contribution < 1.29 is 40.7 Å². The monoisotopic (exact) mass is 683 g/mol. The number of piperazine rings is 1. The van der Waals surface area contributed by atoms with Crippen molar-refractivity contribution in [3.05, 3.63) is 59.2 Å². The van der Waals surface area contributed by atoms with E-state index in [1.54, 1.807) is 12.1 Å². The van der Waals surface area contributed by atoms with Gasteiger partial charge in [0.25, 0.3) is 11.8 Å². The summed E-state index contributed by atoms with van der Waals surface area (Å²) >= 11 is 0. The molecule has 2 saturated heterocycles. The van der Waals surface area contributed by atoms with Gasteiger partial charge in [-0.25, -0.2) is 4.68 Å². The zero-order chi connectivity index (χ0) is 34.6. The average molecular weight is 684 g/mol. The van der Waals surface area contributed by atoms with E-state index in [4.69, 9.17) is 4.74 Å². The number of carbonyl (C=O) groups excluding carboxylic acids is 2. The van der Waals surface area contributed by atoms with E-state index in [1.165, 1.54) is 16.9 Å². The van der Waals surface area contributed by atoms with Crippen molar-refractivity contribution in [3.8, 4) is 5.69 Å². The summed E-state index contributed by atoms with van der Waals surface area (Å²) < 4.78 is 87.7. The second-order valence-corrected chi connectivity index (χ2v) is 11.7. The molecule has 0 bridgehead atoms. The molecular weight excluding hydrogens is 648 g/mol. The summed E-state index contributed by atoms with van der Waals surface area (Å²) in [7, 11) is 1.95. The number of carbonyl (C=O) groups is 2. The number of rotatable bonds is 9. The van der Waals surface area contributed by atoms with Crippen molar-refractivity contribution >= 4 is 23.2 Å². The van der Waals surface area contributed by atoms with E-state index < -0.39 is 41.0 Å². The van der Waals surface area contributed by atoms with Crippen molar-refractivity contribution in [3.63, 3.8) is 0 Å². The van der Waals surface area contributed by atoms with E-state index in [9.17, 15) is 35.9 Å².